The lowest BCUT2D eigenvalue weighted by Gasteiger charge is -2.28. The largest absolute Gasteiger partial charge is 0.310 e. The van der Waals surface area contributed by atoms with Crippen LogP contribution in [0.1, 0.15) is 57.4 Å². The molecule has 342 valence electrons. The maximum absolute atomic E-state index is 3.60. The van der Waals surface area contributed by atoms with Gasteiger partial charge in [-0.3, -0.25) is 0 Å². The number of anilines is 6. The zero-order valence-electron chi connectivity index (χ0n) is 39.4. The van der Waals surface area contributed by atoms with E-state index in [1.54, 1.807) is 0 Å². The monoisotopic (exact) mass is 968 g/mol. The molecule has 0 aromatic heterocycles. The molecule has 0 unspecified atom stereocenters. The van der Waals surface area contributed by atoms with E-state index in [1.165, 1.54) is 78.1 Å². The number of hydrogen-bond acceptors (Lipinski definition) is 2. The van der Waals surface area contributed by atoms with Crippen LogP contribution in [-0.4, -0.2) is 0 Å². The van der Waals surface area contributed by atoms with E-state index >= 15 is 0 Å². The van der Waals surface area contributed by atoms with Gasteiger partial charge in [-0.1, -0.05) is 215 Å². The van der Waals surface area contributed by atoms with Crippen LogP contribution in [0.3, 0.4) is 0 Å². The zero-order chi connectivity index (χ0) is 47.1. The molecule has 2 aliphatic rings. The molecule has 0 saturated heterocycles. The molecule has 0 heterocycles. The van der Waals surface area contributed by atoms with E-state index in [4.69, 9.17) is 0 Å². The first-order chi connectivity index (χ1) is 33.6. The molecule has 0 radical (unpaired) electrons. The number of para-hydroxylation sites is 1. The molecular formula is C67H57BrN2. The van der Waals surface area contributed by atoms with E-state index in [-0.39, 0.29) is 18.3 Å². The van der Waals surface area contributed by atoms with Crippen molar-refractivity contribution in [1.82, 2.24) is 0 Å². The summed E-state index contributed by atoms with van der Waals surface area (Å²) in [5.74, 6) is 0. The number of halogens is 1. The number of hydrogen-bond donors (Lipinski definition) is 0. The molecule has 0 aliphatic heterocycles. The molecule has 2 aliphatic carbocycles. The number of fused-ring (bicyclic) bond motifs is 6. The van der Waals surface area contributed by atoms with Crippen LogP contribution in [0.2, 0.25) is 0 Å². The number of benzene rings is 10. The molecule has 12 rings (SSSR count). The van der Waals surface area contributed by atoms with Crippen LogP contribution in [0.4, 0.5) is 34.1 Å². The van der Waals surface area contributed by atoms with Gasteiger partial charge in [0.1, 0.15) is 0 Å². The highest BCUT2D eigenvalue weighted by Gasteiger charge is 2.37. The minimum Gasteiger partial charge on any atom is -0.310 e. The molecular weight excluding hydrogens is 913 g/mol. The highest BCUT2D eigenvalue weighted by atomic mass is 79.9. The summed E-state index contributed by atoms with van der Waals surface area (Å²) >= 11 is 3.60. The van der Waals surface area contributed by atoms with E-state index in [2.05, 4.69) is 302 Å². The van der Waals surface area contributed by atoms with Gasteiger partial charge in [0.05, 0.1) is 0 Å². The van der Waals surface area contributed by atoms with Crippen molar-refractivity contribution in [2.45, 2.75) is 46.0 Å². The number of nitrogens with zero attached hydrogens (tertiary/aromatic N) is 2. The third-order valence-electron chi connectivity index (χ3n) is 14.2. The predicted octanol–water partition coefficient (Wildman–Crippen LogP) is 19.7. The first-order valence-electron chi connectivity index (χ1n) is 23.9. The summed E-state index contributed by atoms with van der Waals surface area (Å²) < 4.78 is 1.08. The molecule has 0 fully saturated rings. The average Bonchev–Trinajstić information content (AvgIpc) is 3.77. The van der Waals surface area contributed by atoms with Crippen molar-refractivity contribution in [3.63, 3.8) is 0 Å². The van der Waals surface area contributed by atoms with Crippen molar-refractivity contribution in [2.24, 2.45) is 0 Å². The Hall–Kier alpha value is -7.72. The highest BCUT2D eigenvalue weighted by Crippen LogP contribution is 2.52. The second kappa shape index (κ2) is 19.0. The van der Waals surface area contributed by atoms with Crippen LogP contribution < -0.4 is 9.80 Å². The SMILES string of the molecule is C.CC1(C)c2ccccc2-c2ccc(N(c3ccc(Br)cc3)c3ccc(-c4ccccc4)cc3)cc21.CC1(C)c2ccccc2-c2ccc(N(c3ccccc3)c3ccc(-c4ccccc4)cc3)cc21. The highest BCUT2D eigenvalue weighted by molar-refractivity contribution is 9.10. The van der Waals surface area contributed by atoms with Crippen molar-refractivity contribution >= 4 is 50.1 Å². The van der Waals surface area contributed by atoms with Crippen molar-refractivity contribution < 1.29 is 0 Å². The summed E-state index contributed by atoms with van der Waals surface area (Å²) in [4.78, 5) is 4.70. The Bertz CT molecular complexity index is 3410. The minimum atomic E-state index is -0.0372. The summed E-state index contributed by atoms with van der Waals surface area (Å²) in [7, 11) is 0. The molecule has 0 N–H and O–H groups in total. The van der Waals surface area contributed by atoms with Gasteiger partial charge in [-0.05, 0) is 152 Å². The molecule has 0 atom stereocenters. The van der Waals surface area contributed by atoms with Crippen LogP contribution in [0.5, 0.6) is 0 Å². The molecule has 0 bridgehead atoms. The fourth-order valence-electron chi connectivity index (χ4n) is 10.6. The summed E-state index contributed by atoms with van der Waals surface area (Å²) in [6.07, 6.45) is 0. The van der Waals surface area contributed by atoms with E-state index in [1.807, 2.05) is 0 Å². The van der Waals surface area contributed by atoms with Gasteiger partial charge >= 0.3 is 0 Å². The second-order valence-electron chi connectivity index (χ2n) is 19.1. The maximum atomic E-state index is 3.60. The van der Waals surface area contributed by atoms with Gasteiger partial charge in [-0.15, -0.1) is 0 Å². The van der Waals surface area contributed by atoms with E-state index < -0.39 is 0 Å². The van der Waals surface area contributed by atoms with Gasteiger partial charge < -0.3 is 9.80 Å². The topological polar surface area (TPSA) is 6.48 Å². The smallest absolute Gasteiger partial charge is 0.0465 e. The van der Waals surface area contributed by atoms with Crippen LogP contribution in [0, 0.1) is 0 Å². The van der Waals surface area contributed by atoms with Crippen molar-refractivity contribution in [3.8, 4) is 44.5 Å². The molecule has 0 spiro atoms. The maximum Gasteiger partial charge on any atom is 0.0465 e. The summed E-state index contributed by atoms with van der Waals surface area (Å²) in [6.45, 7) is 9.34. The summed E-state index contributed by atoms with van der Waals surface area (Å²) in [5, 5.41) is 0. The zero-order valence-corrected chi connectivity index (χ0v) is 41.0. The van der Waals surface area contributed by atoms with Gasteiger partial charge in [0.25, 0.3) is 0 Å². The molecule has 0 amide bonds. The van der Waals surface area contributed by atoms with Crippen LogP contribution in [-0.2, 0) is 10.8 Å². The Morgan fingerprint density at radius 3 is 0.957 bits per heavy atom. The third-order valence-corrected chi connectivity index (χ3v) is 14.7. The van der Waals surface area contributed by atoms with E-state index in [9.17, 15) is 0 Å². The Balaban J connectivity index is 0.000000160. The summed E-state index contributed by atoms with van der Waals surface area (Å²) in [6, 6.07) is 89.5. The van der Waals surface area contributed by atoms with Crippen LogP contribution >= 0.6 is 15.9 Å². The first-order valence-corrected chi connectivity index (χ1v) is 24.7. The Morgan fingerprint density at radius 2 is 0.557 bits per heavy atom. The molecule has 70 heavy (non-hydrogen) atoms. The summed E-state index contributed by atoms with van der Waals surface area (Å²) in [5.41, 5.74) is 22.7. The molecule has 2 nitrogen and oxygen atoms in total. The minimum absolute atomic E-state index is 0. The normalized spacial score (nSPS) is 13.0. The first kappa shape index (κ1) is 46.0. The van der Waals surface area contributed by atoms with Gasteiger partial charge in [0, 0.05) is 49.4 Å². The third kappa shape index (κ3) is 8.46. The lowest BCUT2D eigenvalue weighted by atomic mass is 9.82. The van der Waals surface area contributed by atoms with Gasteiger partial charge in [-0.25, -0.2) is 0 Å². The van der Waals surface area contributed by atoms with Crippen molar-refractivity contribution in [2.75, 3.05) is 9.80 Å². The van der Waals surface area contributed by atoms with Gasteiger partial charge in [0.15, 0.2) is 0 Å². The second-order valence-corrected chi connectivity index (χ2v) is 20.0. The fourth-order valence-corrected chi connectivity index (χ4v) is 10.9. The lowest BCUT2D eigenvalue weighted by Crippen LogP contribution is -2.16. The Morgan fingerprint density at radius 1 is 0.271 bits per heavy atom. The van der Waals surface area contributed by atoms with E-state index in [0.717, 1.165) is 27.2 Å². The molecule has 0 saturated carbocycles. The lowest BCUT2D eigenvalue weighted by molar-refractivity contribution is 0.660. The Kier molecular flexibility index (Phi) is 12.5. The van der Waals surface area contributed by atoms with Crippen LogP contribution in [0.25, 0.3) is 44.5 Å². The fraction of sp³-hybridized carbons (Fsp3) is 0.104. The number of rotatable bonds is 8. The van der Waals surface area contributed by atoms with E-state index in [0.29, 0.717) is 0 Å². The standard InChI is InChI=1S/C33H26BrN.C33H27N.CH4/c1-33(2)31-11-7-6-10-29(31)30-21-20-28(22-32(30)33)35(27-18-14-25(34)15-19-27)26-16-12-24(13-17-26)23-8-4-3-5-9-23;1-33(2)31-16-10-9-15-29(31)30-22-21-28(23-32(30)33)34(26-13-7-4-8-14-26)27-19-17-25(18-20-27)24-11-5-3-6-12-24;/h3-22H,1-2H3;3-23H,1-2H3;1H4. The van der Waals surface area contributed by atoms with Crippen LogP contribution in [0.15, 0.2) is 253 Å². The molecule has 3 heteroatoms. The van der Waals surface area contributed by atoms with Crippen molar-refractivity contribution in [3.05, 3.63) is 275 Å². The average molecular weight is 970 g/mol. The van der Waals surface area contributed by atoms with Gasteiger partial charge in [-0.2, -0.15) is 0 Å². The quantitative estimate of drug-likeness (QED) is 0.150. The molecule has 10 aromatic carbocycles. The molecule has 10 aromatic rings. The Labute approximate surface area is 423 Å². The van der Waals surface area contributed by atoms with Gasteiger partial charge in [0.2, 0.25) is 0 Å². The predicted molar refractivity (Wildman–Crippen MR) is 303 cm³/mol. The van der Waals surface area contributed by atoms with Crippen molar-refractivity contribution in [1.29, 1.82) is 0 Å².